The van der Waals surface area contributed by atoms with Gasteiger partial charge in [-0.15, -0.1) is 11.8 Å². The van der Waals surface area contributed by atoms with Crippen molar-refractivity contribution in [1.82, 2.24) is 5.32 Å². The van der Waals surface area contributed by atoms with Crippen molar-refractivity contribution < 1.29 is 14.3 Å². The van der Waals surface area contributed by atoms with Crippen molar-refractivity contribution in [3.63, 3.8) is 0 Å². The molecular formula is C18H29NO3S. The summed E-state index contributed by atoms with van der Waals surface area (Å²) in [5.41, 5.74) is 0.993. The van der Waals surface area contributed by atoms with Crippen LogP contribution in [0.2, 0.25) is 0 Å². The first-order valence-electron chi connectivity index (χ1n) is 7.90. The Labute approximate surface area is 144 Å². The van der Waals surface area contributed by atoms with Gasteiger partial charge in [0.25, 0.3) is 0 Å². The Kier molecular flexibility index (Phi) is 7.26. The molecule has 0 aromatic heterocycles. The number of thioether (sulfide) groups is 1. The zero-order chi connectivity index (χ0) is 17.6. The lowest BCUT2D eigenvalue weighted by molar-refractivity contribution is -0.119. The van der Waals surface area contributed by atoms with Crippen LogP contribution in [0.3, 0.4) is 0 Å². The van der Waals surface area contributed by atoms with E-state index in [0.717, 1.165) is 5.56 Å². The molecule has 0 aliphatic heterocycles. The third kappa shape index (κ3) is 7.16. The minimum Gasteiger partial charge on any atom is -0.493 e. The molecule has 0 aliphatic carbocycles. The zero-order valence-electron chi connectivity index (χ0n) is 15.2. The lowest BCUT2D eigenvalue weighted by Gasteiger charge is -2.20. The topological polar surface area (TPSA) is 47.6 Å². The maximum Gasteiger partial charge on any atom is 0.230 e. The van der Waals surface area contributed by atoms with Crippen LogP contribution in [0.25, 0.3) is 0 Å². The Bertz CT molecular complexity index is 523. The van der Waals surface area contributed by atoms with Gasteiger partial charge in [-0.2, -0.15) is 0 Å². The molecule has 0 fully saturated rings. The molecule has 1 aromatic carbocycles. The van der Waals surface area contributed by atoms with E-state index in [1.807, 2.05) is 39.0 Å². The summed E-state index contributed by atoms with van der Waals surface area (Å²) in [6.45, 7) is 12.2. The molecule has 1 aromatic rings. The smallest absolute Gasteiger partial charge is 0.230 e. The van der Waals surface area contributed by atoms with Crippen LogP contribution in [0.5, 0.6) is 11.5 Å². The fraction of sp³-hybridized carbons (Fsp3) is 0.611. The predicted molar refractivity (Wildman–Crippen MR) is 97.5 cm³/mol. The number of hydrogen-bond acceptors (Lipinski definition) is 4. The quantitative estimate of drug-likeness (QED) is 0.809. The van der Waals surface area contributed by atoms with Crippen molar-refractivity contribution in [1.29, 1.82) is 0 Å². The molecule has 0 saturated carbocycles. The van der Waals surface area contributed by atoms with Crippen LogP contribution in [0.4, 0.5) is 0 Å². The Balaban J connectivity index is 2.72. The van der Waals surface area contributed by atoms with E-state index in [2.05, 4.69) is 26.1 Å². The highest BCUT2D eigenvalue weighted by Crippen LogP contribution is 2.31. The normalized spacial score (nSPS) is 12.9. The number of ether oxygens (including phenoxy) is 2. The van der Waals surface area contributed by atoms with Crippen LogP contribution in [0.15, 0.2) is 18.2 Å². The second kappa shape index (κ2) is 8.48. The summed E-state index contributed by atoms with van der Waals surface area (Å²) in [6.07, 6.45) is 0.0845. The maximum atomic E-state index is 12.1. The summed E-state index contributed by atoms with van der Waals surface area (Å²) in [7, 11) is 1.62. The standard InChI is InChI=1S/C18H29NO3S/c1-12(2)22-15-9-8-14(10-16(15)21-7)13(3)19-17(20)11-23-18(4,5)6/h8-10,12-13H,11H2,1-7H3,(H,19,20). The van der Waals surface area contributed by atoms with Gasteiger partial charge in [-0.3, -0.25) is 4.79 Å². The maximum absolute atomic E-state index is 12.1. The lowest BCUT2D eigenvalue weighted by atomic mass is 10.1. The number of carbonyl (C=O) groups excluding carboxylic acids is 1. The Hall–Kier alpha value is -1.36. The molecule has 5 heteroatoms. The summed E-state index contributed by atoms with van der Waals surface area (Å²) < 4.78 is 11.2. The van der Waals surface area contributed by atoms with Gasteiger partial charge < -0.3 is 14.8 Å². The van der Waals surface area contributed by atoms with E-state index in [-0.39, 0.29) is 22.8 Å². The number of hydrogen-bond donors (Lipinski definition) is 1. The number of amides is 1. The van der Waals surface area contributed by atoms with Crippen molar-refractivity contribution in [2.75, 3.05) is 12.9 Å². The van der Waals surface area contributed by atoms with E-state index in [1.165, 1.54) is 0 Å². The summed E-state index contributed by atoms with van der Waals surface area (Å²) >= 11 is 1.64. The Morgan fingerprint density at radius 2 is 1.87 bits per heavy atom. The number of nitrogens with one attached hydrogen (secondary N) is 1. The van der Waals surface area contributed by atoms with Crippen LogP contribution in [-0.2, 0) is 4.79 Å². The first-order valence-corrected chi connectivity index (χ1v) is 8.89. The van der Waals surface area contributed by atoms with Gasteiger partial charge in [0.05, 0.1) is 25.0 Å². The number of rotatable bonds is 7. The van der Waals surface area contributed by atoms with E-state index in [4.69, 9.17) is 9.47 Å². The van der Waals surface area contributed by atoms with Crippen molar-refractivity contribution in [3.8, 4) is 11.5 Å². The second-order valence-electron chi connectivity index (χ2n) is 6.77. The average Bonchev–Trinajstić information content (AvgIpc) is 2.44. The summed E-state index contributed by atoms with van der Waals surface area (Å²) in [6, 6.07) is 5.69. The third-order valence-corrected chi connectivity index (χ3v) is 4.34. The molecule has 4 nitrogen and oxygen atoms in total. The molecule has 1 rings (SSSR count). The van der Waals surface area contributed by atoms with Crippen LogP contribution in [0.1, 0.15) is 53.1 Å². The second-order valence-corrected chi connectivity index (χ2v) is 8.57. The lowest BCUT2D eigenvalue weighted by Crippen LogP contribution is -2.29. The van der Waals surface area contributed by atoms with Gasteiger partial charge in [-0.25, -0.2) is 0 Å². The summed E-state index contributed by atoms with van der Waals surface area (Å²) in [5.74, 6) is 1.90. The van der Waals surface area contributed by atoms with Gasteiger partial charge in [0, 0.05) is 4.75 Å². The monoisotopic (exact) mass is 339 g/mol. The van der Waals surface area contributed by atoms with Crippen LogP contribution in [0, 0.1) is 0 Å². The molecule has 0 heterocycles. The van der Waals surface area contributed by atoms with Gasteiger partial charge in [0.15, 0.2) is 11.5 Å². The fourth-order valence-electron chi connectivity index (χ4n) is 1.95. The average molecular weight is 340 g/mol. The molecule has 1 atom stereocenters. The van der Waals surface area contributed by atoms with E-state index in [1.54, 1.807) is 18.9 Å². The zero-order valence-corrected chi connectivity index (χ0v) is 16.0. The summed E-state index contributed by atoms with van der Waals surface area (Å²) in [4.78, 5) is 12.1. The first kappa shape index (κ1) is 19.7. The molecule has 23 heavy (non-hydrogen) atoms. The molecule has 0 bridgehead atoms. The Morgan fingerprint density at radius 1 is 1.22 bits per heavy atom. The van der Waals surface area contributed by atoms with Crippen molar-refractivity contribution in [3.05, 3.63) is 23.8 Å². The third-order valence-electron chi connectivity index (χ3n) is 3.06. The Morgan fingerprint density at radius 3 is 2.39 bits per heavy atom. The molecule has 130 valence electrons. The fourth-order valence-corrected chi connectivity index (χ4v) is 2.60. The van der Waals surface area contributed by atoms with Gasteiger partial charge in [0.2, 0.25) is 5.91 Å². The minimum atomic E-state index is -0.0786. The van der Waals surface area contributed by atoms with Gasteiger partial charge in [-0.05, 0) is 38.5 Å². The number of methoxy groups -OCH3 is 1. The molecular weight excluding hydrogens is 310 g/mol. The SMILES string of the molecule is COc1cc(C(C)NC(=O)CSC(C)(C)C)ccc1OC(C)C. The first-order chi connectivity index (χ1) is 10.6. The minimum absolute atomic E-state index is 0.0406. The van der Waals surface area contributed by atoms with Gasteiger partial charge in [0.1, 0.15) is 0 Å². The van der Waals surface area contributed by atoms with E-state index >= 15 is 0 Å². The molecule has 1 amide bonds. The molecule has 0 aliphatic rings. The number of carbonyl (C=O) groups is 1. The number of benzene rings is 1. The molecule has 1 unspecified atom stereocenters. The molecule has 0 saturated heterocycles. The van der Waals surface area contributed by atoms with E-state index in [9.17, 15) is 4.79 Å². The van der Waals surface area contributed by atoms with Crippen LogP contribution < -0.4 is 14.8 Å². The van der Waals surface area contributed by atoms with Crippen LogP contribution in [-0.4, -0.2) is 29.6 Å². The van der Waals surface area contributed by atoms with Gasteiger partial charge >= 0.3 is 0 Å². The van der Waals surface area contributed by atoms with Crippen molar-refractivity contribution in [2.45, 2.75) is 58.4 Å². The predicted octanol–water partition coefficient (Wildman–Crippen LogP) is 4.19. The van der Waals surface area contributed by atoms with E-state index in [0.29, 0.717) is 17.3 Å². The highest BCUT2D eigenvalue weighted by molar-refractivity contribution is 8.01. The summed E-state index contributed by atoms with van der Waals surface area (Å²) in [5, 5.41) is 3.02. The molecule has 0 radical (unpaired) electrons. The highest BCUT2D eigenvalue weighted by Gasteiger charge is 2.16. The van der Waals surface area contributed by atoms with Gasteiger partial charge in [-0.1, -0.05) is 26.8 Å². The van der Waals surface area contributed by atoms with E-state index < -0.39 is 0 Å². The highest BCUT2D eigenvalue weighted by atomic mass is 32.2. The van der Waals surface area contributed by atoms with Crippen LogP contribution >= 0.6 is 11.8 Å². The van der Waals surface area contributed by atoms with Crippen molar-refractivity contribution in [2.24, 2.45) is 0 Å². The largest absolute Gasteiger partial charge is 0.493 e. The van der Waals surface area contributed by atoms with Crippen molar-refractivity contribution >= 4 is 17.7 Å². The molecule has 0 spiro atoms. The molecule has 1 N–H and O–H groups in total.